The molecule has 8 heteroatoms. The zero-order valence-corrected chi connectivity index (χ0v) is 21.1. The Bertz CT molecular complexity index is 1110. The summed E-state index contributed by atoms with van der Waals surface area (Å²) in [6.45, 7) is 8.62. The normalized spacial score (nSPS) is 18.4. The summed E-state index contributed by atoms with van der Waals surface area (Å²) in [6.07, 6.45) is 1.43. The van der Waals surface area contributed by atoms with Gasteiger partial charge in [0.15, 0.2) is 12.5 Å². The lowest BCUT2D eigenvalue weighted by Crippen LogP contribution is -2.47. The number of aldehydes is 1. The lowest BCUT2D eigenvalue weighted by atomic mass is 10.1. The zero-order valence-electron chi connectivity index (χ0n) is 19.4. The summed E-state index contributed by atoms with van der Waals surface area (Å²) in [6, 6.07) is 19.3. The van der Waals surface area contributed by atoms with Gasteiger partial charge in [-0.25, -0.2) is 0 Å². The van der Waals surface area contributed by atoms with E-state index in [1.54, 1.807) is 0 Å². The highest BCUT2D eigenvalue weighted by atomic mass is 35.5. The SMILES string of the molecule is Cc1ccc2c(N3CCN(CCc4cccc(N5CCOC5C=O)c4)CC3)cccc2n1.Cl.Cl. The number of rotatable bonds is 6. The molecular weight excluding hydrogens is 471 g/mol. The number of aromatic nitrogens is 1. The number of aryl methyl sites for hydroxylation is 1. The number of anilines is 2. The average molecular weight is 503 g/mol. The Balaban J connectivity index is 0.00000162. The van der Waals surface area contributed by atoms with E-state index < -0.39 is 6.23 Å². The molecule has 182 valence electrons. The number of ether oxygens (including phenoxy) is 1. The summed E-state index contributed by atoms with van der Waals surface area (Å²) >= 11 is 0. The Hall–Kier alpha value is -2.38. The van der Waals surface area contributed by atoms with Crippen molar-refractivity contribution < 1.29 is 9.53 Å². The smallest absolute Gasteiger partial charge is 0.186 e. The molecule has 1 atom stereocenters. The van der Waals surface area contributed by atoms with Crippen molar-refractivity contribution in [2.24, 2.45) is 0 Å². The van der Waals surface area contributed by atoms with Crippen LogP contribution in [0.15, 0.2) is 54.6 Å². The van der Waals surface area contributed by atoms with Crippen molar-refractivity contribution in [3.63, 3.8) is 0 Å². The molecule has 0 amide bonds. The van der Waals surface area contributed by atoms with Crippen molar-refractivity contribution in [2.75, 3.05) is 55.7 Å². The van der Waals surface area contributed by atoms with E-state index in [9.17, 15) is 4.79 Å². The van der Waals surface area contributed by atoms with E-state index >= 15 is 0 Å². The van der Waals surface area contributed by atoms with Gasteiger partial charge in [-0.2, -0.15) is 0 Å². The van der Waals surface area contributed by atoms with E-state index in [0.717, 1.165) is 68.9 Å². The molecule has 0 spiro atoms. The highest BCUT2D eigenvalue weighted by Gasteiger charge is 2.25. The molecular formula is C26H32Cl2N4O2. The van der Waals surface area contributed by atoms with Crippen LogP contribution < -0.4 is 9.80 Å². The van der Waals surface area contributed by atoms with Crippen molar-refractivity contribution in [2.45, 2.75) is 19.6 Å². The zero-order chi connectivity index (χ0) is 21.9. The molecule has 2 saturated heterocycles. The van der Waals surface area contributed by atoms with Crippen LogP contribution in [-0.4, -0.2) is 68.3 Å². The third-order valence-electron chi connectivity index (χ3n) is 6.56. The van der Waals surface area contributed by atoms with Crippen LogP contribution >= 0.6 is 24.8 Å². The predicted octanol–water partition coefficient (Wildman–Crippen LogP) is 4.11. The van der Waals surface area contributed by atoms with Gasteiger partial charge in [-0.3, -0.25) is 14.7 Å². The molecule has 2 aromatic carbocycles. The van der Waals surface area contributed by atoms with Gasteiger partial charge >= 0.3 is 0 Å². The summed E-state index contributed by atoms with van der Waals surface area (Å²) in [5.41, 5.74) is 5.80. The Morgan fingerprint density at radius 2 is 1.79 bits per heavy atom. The molecule has 5 rings (SSSR count). The fourth-order valence-corrected chi connectivity index (χ4v) is 4.78. The molecule has 34 heavy (non-hydrogen) atoms. The van der Waals surface area contributed by atoms with E-state index in [1.807, 2.05) is 11.8 Å². The van der Waals surface area contributed by atoms with Gasteiger partial charge in [0.2, 0.25) is 0 Å². The minimum Gasteiger partial charge on any atom is -0.368 e. The molecule has 6 nitrogen and oxygen atoms in total. The third-order valence-corrected chi connectivity index (χ3v) is 6.56. The Labute approximate surface area is 213 Å². The lowest BCUT2D eigenvalue weighted by Gasteiger charge is -2.36. The fraction of sp³-hybridized carbons (Fsp3) is 0.385. The Morgan fingerprint density at radius 3 is 2.59 bits per heavy atom. The summed E-state index contributed by atoms with van der Waals surface area (Å²) in [7, 11) is 0. The van der Waals surface area contributed by atoms with Crippen LogP contribution in [0.2, 0.25) is 0 Å². The molecule has 0 aliphatic carbocycles. The number of pyridine rings is 1. The van der Waals surface area contributed by atoms with Gasteiger partial charge in [0, 0.05) is 61.7 Å². The summed E-state index contributed by atoms with van der Waals surface area (Å²) in [5.74, 6) is 0. The molecule has 3 aromatic rings. The molecule has 0 N–H and O–H groups in total. The Kier molecular flexibility index (Phi) is 9.14. The number of hydrogen-bond acceptors (Lipinski definition) is 6. The van der Waals surface area contributed by atoms with Gasteiger partial charge in [-0.15, -0.1) is 24.8 Å². The van der Waals surface area contributed by atoms with Gasteiger partial charge in [-0.05, 0) is 55.3 Å². The largest absolute Gasteiger partial charge is 0.368 e. The molecule has 2 aliphatic heterocycles. The molecule has 0 bridgehead atoms. The molecule has 1 aromatic heterocycles. The average Bonchev–Trinajstić information content (AvgIpc) is 3.32. The van der Waals surface area contributed by atoms with Crippen LogP contribution in [0.1, 0.15) is 11.3 Å². The first-order chi connectivity index (χ1) is 15.7. The van der Waals surface area contributed by atoms with E-state index in [2.05, 4.69) is 69.4 Å². The van der Waals surface area contributed by atoms with E-state index in [1.165, 1.54) is 16.6 Å². The first kappa shape index (κ1) is 26.2. The number of carbonyl (C=O) groups excluding carboxylic acids is 1. The van der Waals surface area contributed by atoms with Gasteiger partial charge in [-0.1, -0.05) is 18.2 Å². The number of hydrogen-bond donors (Lipinski definition) is 0. The second-order valence-electron chi connectivity index (χ2n) is 8.64. The molecule has 2 fully saturated rings. The van der Waals surface area contributed by atoms with Crippen LogP contribution in [0.3, 0.4) is 0 Å². The van der Waals surface area contributed by atoms with Gasteiger partial charge in [0.25, 0.3) is 0 Å². The first-order valence-corrected chi connectivity index (χ1v) is 11.5. The quantitative estimate of drug-likeness (QED) is 0.472. The monoisotopic (exact) mass is 502 g/mol. The van der Waals surface area contributed by atoms with E-state index in [-0.39, 0.29) is 24.8 Å². The van der Waals surface area contributed by atoms with Crippen LogP contribution in [0.25, 0.3) is 10.9 Å². The van der Waals surface area contributed by atoms with Crippen LogP contribution in [0, 0.1) is 6.92 Å². The lowest BCUT2D eigenvalue weighted by molar-refractivity contribution is -0.115. The van der Waals surface area contributed by atoms with Gasteiger partial charge < -0.3 is 14.5 Å². The molecule has 3 heterocycles. The van der Waals surface area contributed by atoms with Crippen molar-refractivity contribution in [3.05, 3.63) is 65.9 Å². The second kappa shape index (κ2) is 11.8. The highest BCUT2D eigenvalue weighted by Crippen LogP contribution is 2.27. The van der Waals surface area contributed by atoms with Crippen molar-refractivity contribution in [1.82, 2.24) is 9.88 Å². The molecule has 0 radical (unpaired) electrons. The summed E-state index contributed by atoms with van der Waals surface area (Å²) < 4.78 is 5.48. The summed E-state index contributed by atoms with van der Waals surface area (Å²) in [5, 5.41) is 1.24. The minimum absolute atomic E-state index is 0. The van der Waals surface area contributed by atoms with Gasteiger partial charge in [0.05, 0.1) is 12.1 Å². The van der Waals surface area contributed by atoms with Crippen molar-refractivity contribution in [1.29, 1.82) is 0 Å². The maximum Gasteiger partial charge on any atom is 0.186 e. The maximum absolute atomic E-state index is 11.2. The number of piperazine rings is 1. The van der Waals surface area contributed by atoms with Crippen LogP contribution in [0.5, 0.6) is 0 Å². The van der Waals surface area contributed by atoms with Crippen LogP contribution in [-0.2, 0) is 16.0 Å². The first-order valence-electron chi connectivity index (χ1n) is 11.5. The second-order valence-corrected chi connectivity index (χ2v) is 8.64. The van der Waals surface area contributed by atoms with Crippen LogP contribution in [0.4, 0.5) is 11.4 Å². The van der Waals surface area contributed by atoms with Gasteiger partial charge in [0.1, 0.15) is 0 Å². The number of fused-ring (bicyclic) bond motifs is 1. The minimum atomic E-state index is -0.452. The van der Waals surface area contributed by atoms with Crippen molar-refractivity contribution in [3.8, 4) is 0 Å². The Morgan fingerprint density at radius 1 is 1.00 bits per heavy atom. The fourth-order valence-electron chi connectivity index (χ4n) is 4.78. The molecule has 0 saturated carbocycles. The summed E-state index contributed by atoms with van der Waals surface area (Å²) in [4.78, 5) is 23.0. The van der Waals surface area contributed by atoms with E-state index in [0.29, 0.717) is 6.61 Å². The third kappa shape index (κ3) is 5.63. The number of benzene rings is 2. The standard InChI is InChI=1S/C26H30N4O2.2ClH/c1-20-8-9-23-24(27-20)6-3-7-25(23)29-14-12-28(13-15-29)11-10-21-4-2-5-22(18-21)30-16-17-32-26(30)19-31;;/h2-9,18-19,26H,10-17H2,1H3;2*1H. The number of nitrogens with zero attached hydrogens (tertiary/aromatic N) is 4. The number of halogens is 2. The van der Waals surface area contributed by atoms with Crippen molar-refractivity contribution >= 4 is 53.4 Å². The maximum atomic E-state index is 11.2. The highest BCUT2D eigenvalue weighted by molar-refractivity contribution is 5.92. The molecule has 2 aliphatic rings. The molecule has 1 unspecified atom stereocenters. The van der Waals surface area contributed by atoms with E-state index in [4.69, 9.17) is 4.74 Å². The topological polar surface area (TPSA) is 48.9 Å². The number of carbonyl (C=O) groups is 1. The predicted molar refractivity (Wildman–Crippen MR) is 143 cm³/mol.